The molecule has 1 saturated carbocycles. The number of H-pyrrole nitrogens is 1. The molecule has 110 valence electrons. The summed E-state index contributed by atoms with van der Waals surface area (Å²) in [5, 5.41) is 19.9. The first-order valence-electron chi connectivity index (χ1n) is 6.44. The number of aromatic amines is 1. The van der Waals surface area contributed by atoms with Crippen LogP contribution in [0, 0.1) is 24.0 Å². The summed E-state index contributed by atoms with van der Waals surface area (Å²) < 4.78 is 0. The minimum Gasteiger partial charge on any atom is -0.279 e. The van der Waals surface area contributed by atoms with Crippen LogP contribution in [0.5, 0.6) is 0 Å². The van der Waals surface area contributed by atoms with Crippen LogP contribution < -0.4 is 4.90 Å². The van der Waals surface area contributed by atoms with Gasteiger partial charge in [0, 0.05) is 11.4 Å². The van der Waals surface area contributed by atoms with Crippen LogP contribution in [0.3, 0.4) is 0 Å². The van der Waals surface area contributed by atoms with Gasteiger partial charge in [0.25, 0.3) is 5.91 Å². The summed E-state index contributed by atoms with van der Waals surface area (Å²) in [5.74, 6) is -0.470. The van der Waals surface area contributed by atoms with Gasteiger partial charge in [0.2, 0.25) is 5.69 Å². The number of carbonyl (C=O) groups is 1. The smallest absolute Gasteiger partial charge is 0.279 e. The van der Waals surface area contributed by atoms with Crippen LogP contribution in [-0.4, -0.2) is 32.1 Å². The number of nitrogens with zero attached hydrogens (tertiary/aromatic N) is 4. The fourth-order valence-electron chi connectivity index (χ4n) is 2.10. The predicted molar refractivity (Wildman–Crippen MR) is 76.7 cm³/mol. The van der Waals surface area contributed by atoms with E-state index in [1.54, 1.807) is 0 Å². The molecule has 2 aromatic rings. The zero-order valence-electron chi connectivity index (χ0n) is 11.5. The maximum Gasteiger partial charge on any atom is 0.322 e. The van der Waals surface area contributed by atoms with Crippen molar-refractivity contribution < 1.29 is 9.72 Å². The van der Waals surface area contributed by atoms with E-state index in [9.17, 15) is 14.9 Å². The standard InChI is InChI=1S/C12H13N5O3S/c1-6-5-21-12(13-6)16(8-3-4-8)11(18)9-10(17(19)20)7(2)14-15-9/h5,8H,3-4H2,1-2H3,(H,14,15). The molecule has 0 spiro atoms. The Kier molecular flexibility index (Phi) is 3.20. The zero-order chi connectivity index (χ0) is 15.1. The molecule has 0 unspecified atom stereocenters. The van der Waals surface area contributed by atoms with E-state index in [4.69, 9.17) is 0 Å². The van der Waals surface area contributed by atoms with Gasteiger partial charge >= 0.3 is 5.69 Å². The number of nitro groups is 1. The van der Waals surface area contributed by atoms with E-state index in [0.29, 0.717) is 5.13 Å². The summed E-state index contributed by atoms with van der Waals surface area (Å²) in [6.07, 6.45) is 1.75. The minimum absolute atomic E-state index is 0.0552. The van der Waals surface area contributed by atoms with Crippen molar-refractivity contribution in [1.82, 2.24) is 15.2 Å². The molecule has 8 nitrogen and oxygen atoms in total. The largest absolute Gasteiger partial charge is 0.322 e. The van der Waals surface area contributed by atoms with E-state index in [2.05, 4.69) is 15.2 Å². The van der Waals surface area contributed by atoms with E-state index >= 15 is 0 Å². The fraction of sp³-hybridized carbons (Fsp3) is 0.417. The fourth-order valence-corrected chi connectivity index (χ4v) is 2.97. The second-order valence-corrected chi connectivity index (χ2v) is 5.82. The van der Waals surface area contributed by atoms with Gasteiger partial charge in [-0.25, -0.2) is 4.98 Å². The van der Waals surface area contributed by atoms with Gasteiger partial charge in [-0.3, -0.25) is 24.9 Å². The number of nitrogens with one attached hydrogen (secondary N) is 1. The SMILES string of the molecule is Cc1csc(N(C(=O)c2n[nH]c(C)c2[N+](=O)[O-])C2CC2)n1. The van der Waals surface area contributed by atoms with Crippen LogP contribution in [-0.2, 0) is 0 Å². The molecule has 1 N–H and O–H groups in total. The number of aromatic nitrogens is 3. The Balaban J connectivity index is 2.01. The molecule has 0 bridgehead atoms. The van der Waals surface area contributed by atoms with Crippen LogP contribution in [0.15, 0.2) is 5.38 Å². The van der Waals surface area contributed by atoms with Crippen molar-refractivity contribution in [2.45, 2.75) is 32.7 Å². The number of carbonyl (C=O) groups excluding carboxylic acids is 1. The molecule has 3 rings (SSSR count). The molecule has 1 aliphatic carbocycles. The van der Waals surface area contributed by atoms with Crippen molar-refractivity contribution in [3.8, 4) is 0 Å². The van der Waals surface area contributed by atoms with Gasteiger partial charge in [-0.2, -0.15) is 5.10 Å². The highest BCUT2D eigenvalue weighted by atomic mass is 32.1. The van der Waals surface area contributed by atoms with E-state index in [1.807, 2.05) is 12.3 Å². The molecule has 21 heavy (non-hydrogen) atoms. The van der Waals surface area contributed by atoms with E-state index in [0.717, 1.165) is 18.5 Å². The lowest BCUT2D eigenvalue weighted by Crippen LogP contribution is -2.33. The van der Waals surface area contributed by atoms with E-state index < -0.39 is 10.8 Å². The number of anilines is 1. The van der Waals surface area contributed by atoms with Crippen molar-refractivity contribution in [2.75, 3.05) is 4.90 Å². The van der Waals surface area contributed by atoms with Gasteiger partial charge in [-0.1, -0.05) is 0 Å². The van der Waals surface area contributed by atoms with Crippen LogP contribution in [0.2, 0.25) is 0 Å². The van der Waals surface area contributed by atoms with Crippen LogP contribution in [0.4, 0.5) is 10.8 Å². The summed E-state index contributed by atoms with van der Waals surface area (Å²) >= 11 is 1.36. The molecule has 2 aromatic heterocycles. The highest BCUT2D eigenvalue weighted by Gasteiger charge is 2.40. The highest BCUT2D eigenvalue weighted by molar-refractivity contribution is 7.14. The molecule has 0 radical (unpaired) electrons. The van der Waals surface area contributed by atoms with Crippen molar-refractivity contribution in [1.29, 1.82) is 0 Å². The number of hydrogen-bond acceptors (Lipinski definition) is 6. The van der Waals surface area contributed by atoms with Crippen LogP contribution in [0.1, 0.15) is 34.7 Å². The predicted octanol–water partition coefficient (Wildman–Crippen LogP) is 2.20. The Hall–Kier alpha value is -2.29. The lowest BCUT2D eigenvalue weighted by Gasteiger charge is -2.17. The maximum absolute atomic E-state index is 12.7. The number of thiazole rings is 1. The first-order valence-corrected chi connectivity index (χ1v) is 7.32. The Labute approximate surface area is 124 Å². The van der Waals surface area contributed by atoms with Gasteiger partial charge in [0.1, 0.15) is 5.69 Å². The second-order valence-electron chi connectivity index (χ2n) is 4.98. The summed E-state index contributed by atoms with van der Waals surface area (Å²) in [7, 11) is 0. The summed E-state index contributed by atoms with van der Waals surface area (Å²) in [6.45, 7) is 3.37. The number of aryl methyl sites for hydroxylation is 2. The lowest BCUT2D eigenvalue weighted by atomic mass is 10.2. The maximum atomic E-state index is 12.7. The molecule has 0 aromatic carbocycles. The third-order valence-electron chi connectivity index (χ3n) is 3.24. The average molecular weight is 307 g/mol. The third kappa shape index (κ3) is 2.40. The minimum atomic E-state index is -0.579. The molecular weight excluding hydrogens is 294 g/mol. The monoisotopic (exact) mass is 307 g/mol. The Bertz CT molecular complexity index is 718. The Morgan fingerprint density at radius 1 is 1.52 bits per heavy atom. The zero-order valence-corrected chi connectivity index (χ0v) is 12.3. The average Bonchev–Trinajstić information content (AvgIpc) is 3.03. The van der Waals surface area contributed by atoms with Gasteiger partial charge < -0.3 is 0 Å². The van der Waals surface area contributed by atoms with Crippen molar-refractivity contribution in [3.05, 3.63) is 32.6 Å². The first kappa shape index (κ1) is 13.7. The Morgan fingerprint density at radius 3 is 2.76 bits per heavy atom. The van der Waals surface area contributed by atoms with Crippen LogP contribution in [0.25, 0.3) is 0 Å². The quantitative estimate of drug-likeness (QED) is 0.688. The summed E-state index contributed by atoms with van der Waals surface area (Å²) in [5.41, 5.74) is 0.673. The van der Waals surface area contributed by atoms with Crippen molar-refractivity contribution >= 4 is 28.1 Å². The summed E-state index contributed by atoms with van der Waals surface area (Å²) in [4.78, 5) is 29.1. The van der Waals surface area contributed by atoms with E-state index in [1.165, 1.54) is 23.2 Å². The van der Waals surface area contributed by atoms with Crippen LogP contribution >= 0.6 is 11.3 Å². The normalized spacial score (nSPS) is 14.2. The lowest BCUT2D eigenvalue weighted by molar-refractivity contribution is -0.385. The van der Waals surface area contributed by atoms with Gasteiger partial charge in [-0.05, 0) is 26.7 Å². The molecule has 1 aliphatic rings. The molecule has 9 heteroatoms. The van der Waals surface area contributed by atoms with Gasteiger partial charge in [0.05, 0.1) is 10.6 Å². The third-order valence-corrected chi connectivity index (χ3v) is 4.20. The molecule has 0 atom stereocenters. The van der Waals surface area contributed by atoms with Gasteiger partial charge in [0.15, 0.2) is 5.13 Å². The van der Waals surface area contributed by atoms with E-state index in [-0.39, 0.29) is 23.1 Å². The molecule has 1 amide bonds. The molecule has 2 heterocycles. The molecule has 0 aliphatic heterocycles. The van der Waals surface area contributed by atoms with Crippen molar-refractivity contribution in [2.24, 2.45) is 0 Å². The van der Waals surface area contributed by atoms with Crippen molar-refractivity contribution in [3.63, 3.8) is 0 Å². The number of amides is 1. The molecular formula is C12H13N5O3S. The Morgan fingerprint density at radius 2 is 2.24 bits per heavy atom. The molecule has 0 saturated heterocycles. The topological polar surface area (TPSA) is 105 Å². The van der Waals surface area contributed by atoms with Gasteiger partial charge in [-0.15, -0.1) is 11.3 Å². The number of hydrogen-bond donors (Lipinski definition) is 1. The molecule has 1 fully saturated rings. The summed E-state index contributed by atoms with van der Waals surface area (Å²) in [6, 6.07) is 0.0552. The highest BCUT2D eigenvalue weighted by Crippen LogP contribution is 2.36. The first-order chi connectivity index (χ1) is 9.99. The number of rotatable bonds is 4. The second kappa shape index (κ2) is 4.92.